The maximum absolute atomic E-state index is 14.3. The zero-order valence-corrected chi connectivity index (χ0v) is 24.0. The number of hydrogen-bond acceptors (Lipinski definition) is 6. The number of benzene rings is 1. The molecule has 4 aromatic rings. The fourth-order valence-electron chi connectivity index (χ4n) is 5.14. The van der Waals surface area contributed by atoms with Crippen molar-refractivity contribution in [3.63, 3.8) is 0 Å². The number of halogens is 3. The van der Waals surface area contributed by atoms with Crippen LogP contribution in [0.2, 0.25) is 0 Å². The number of hydrogen-bond donors (Lipinski definition) is 0. The van der Waals surface area contributed by atoms with Crippen molar-refractivity contribution in [1.82, 2.24) is 24.6 Å². The van der Waals surface area contributed by atoms with Crippen LogP contribution in [0.15, 0.2) is 73.1 Å². The van der Waals surface area contributed by atoms with E-state index in [-0.39, 0.29) is 24.6 Å². The Balaban J connectivity index is 1.54. The lowest BCUT2D eigenvalue weighted by atomic mass is 9.83. The van der Waals surface area contributed by atoms with Crippen molar-refractivity contribution in [2.24, 2.45) is 0 Å². The maximum Gasteiger partial charge on any atom is 0.435 e. The van der Waals surface area contributed by atoms with Gasteiger partial charge in [0.2, 0.25) is 5.91 Å². The molecule has 3 aromatic heterocycles. The van der Waals surface area contributed by atoms with Gasteiger partial charge in [0.25, 0.3) is 0 Å². The van der Waals surface area contributed by atoms with Crippen LogP contribution in [0.4, 0.5) is 13.2 Å². The van der Waals surface area contributed by atoms with Gasteiger partial charge in [-0.2, -0.15) is 23.5 Å². The molecule has 5 rings (SSSR count). The second-order valence-corrected chi connectivity index (χ2v) is 11.5. The summed E-state index contributed by atoms with van der Waals surface area (Å²) in [6, 6.07) is 16.4. The van der Waals surface area contributed by atoms with Gasteiger partial charge in [-0.05, 0) is 49.0 Å². The van der Waals surface area contributed by atoms with Crippen LogP contribution in [-0.2, 0) is 30.5 Å². The van der Waals surface area contributed by atoms with E-state index in [2.05, 4.69) is 16.2 Å². The molecule has 0 spiro atoms. The Hall–Kier alpha value is -4.27. The molecule has 1 aliphatic heterocycles. The van der Waals surface area contributed by atoms with Crippen molar-refractivity contribution in [1.29, 1.82) is 5.26 Å². The highest BCUT2D eigenvalue weighted by atomic mass is 32.1. The summed E-state index contributed by atoms with van der Waals surface area (Å²) in [6.45, 7) is 1.43. The molecule has 7 nitrogen and oxygen atoms in total. The third-order valence-corrected chi connectivity index (χ3v) is 8.13. The molecule has 0 radical (unpaired) electrons. The molecule has 42 heavy (non-hydrogen) atoms. The number of rotatable bonds is 8. The average Bonchev–Trinajstić information content (AvgIpc) is 3.60. The summed E-state index contributed by atoms with van der Waals surface area (Å²) in [5.74, 6) is -0.609. The molecule has 4 heterocycles. The highest BCUT2D eigenvalue weighted by Gasteiger charge is 2.39. The first-order valence-electron chi connectivity index (χ1n) is 13.4. The summed E-state index contributed by atoms with van der Waals surface area (Å²) in [5, 5.41) is 13.6. The van der Waals surface area contributed by atoms with Gasteiger partial charge in [0, 0.05) is 66.6 Å². The van der Waals surface area contributed by atoms with Crippen LogP contribution in [-0.4, -0.2) is 57.7 Å². The molecule has 0 saturated heterocycles. The van der Waals surface area contributed by atoms with Crippen molar-refractivity contribution in [2.75, 3.05) is 27.2 Å². The number of nitrogens with zero attached hydrogens (tertiary/aromatic N) is 6. The van der Waals surface area contributed by atoms with Gasteiger partial charge in [-0.15, -0.1) is 11.3 Å². The minimum atomic E-state index is -4.67. The molecular weight excluding hydrogens is 561 g/mol. The molecule has 1 aliphatic rings. The van der Waals surface area contributed by atoms with Crippen molar-refractivity contribution < 1.29 is 18.0 Å². The quantitative estimate of drug-likeness (QED) is 0.245. The molecule has 1 amide bonds. The van der Waals surface area contributed by atoms with E-state index in [1.807, 2.05) is 31.1 Å². The van der Waals surface area contributed by atoms with E-state index in [0.717, 1.165) is 16.1 Å². The van der Waals surface area contributed by atoms with Crippen LogP contribution in [0.3, 0.4) is 0 Å². The van der Waals surface area contributed by atoms with E-state index in [1.165, 1.54) is 28.3 Å². The Kier molecular flexibility index (Phi) is 8.56. The lowest BCUT2D eigenvalue weighted by molar-refractivity contribution is -0.141. The van der Waals surface area contributed by atoms with E-state index < -0.39 is 17.8 Å². The lowest BCUT2D eigenvalue weighted by Gasteiger charge is -2.33. The summed E-state index contributed by atoms with van der Waals surface area (Å²) in [6.07, 6.45) is 2.15. The van der Waals surface area contributed by atoms with Crippen LogP contribution >= 0.6 is 11.3 Å². The monoisotopic (exact) mass is 590 g/mol. The summed E-state index contributed by atoms with van der Waals surface area (Å²) >= 11 is 1.31. The molecule has 1 aromatic carbocycles. The van der Waals surface area contributed by atoms with E-state index in [9.17, 15) is 23.2 Å². The summed E-state index contributed by atoms with van der Waals surface area (Å²) < 4.78 is 44.3. The van der Waals surface area contributed by atoms with Gasteiger partial charge in [-0.3, -0.25) is 14.5 Å². The summed E-state index contributed by atoms with van der Waals surface area (Å²) in [4.78, 5) is 22.4. The van der Waals surface area contributed by atoms with Gasteiger partial charge in [0.1, 0.15) is 10.9 Å². The number of thiophene rings is 1. The van der Waals surface area contributed by atoms with Crippen molar-refractivity contribution in [3.8, 4) is 17.2 Å². The average molecular weight is 591 g/mol. The molecule has 0 saturated carbocycles. The van der Waals surface area contributed by atoms with Crippen LogP contribution in [0.5, 0.6) is 0 Å². The van der Waals surface area contributed by atoms with Crippen LogP contribution < -0.4 is 0 Å². The topological polar surface area (TPSA) is 78.0 Å². The number of fused-ring (bicyclic) bond motifs is 1. The van der Waals surface area contributed by atoms with Crippen molar-refractivity contribution in [3.05, 3.63) is 105 Å². The first-order valence-corrected chi connectivity index (χ1v) is 14.2. The van der Waals surface area contributed by atoms with Crippen LogP contribution in [0.25, 0.3) is 11.1 Å². The molecular formula is C31H29F3N6OS. The van der Waals surface area contributed by atoms with Crippen LogP contribution in [0.1, 0.15) is 38.2 Å². The number of likely N-dealkylation sites (N-methyl/N-ethyl adjacent to an activating group) is 1. The van der Waals surface area contributed by atoms with E-state index in [0.29, 0.717) is 35.5 Å². The molecule has 0 bridgehead atoms. The highest BCUT2D eigenvalue weighted by Crippen LogP contribution is 2.44. The van der Waals surface area contributed by atoms with Crippen molar-refractivity contribution >= 4 is 17.2 Å². The van der Waals surface area contributed by atoms with Gasteiger partial charge in [-0.1, -0.05) is 36.4 Å². The Bertz CT molecular complexity index is 1630. The second-order valence-electron chi connectivity index (χ2n) is 10.3. The summed E-state index contributed by atoms with van der Waals surface area (Å²) in [7, 11) is 3.81. The lowest BCUT2D eigenvalue weighted by Crippen LogP contribution is -2.37. The standard InChI is InChI=1S/C31H29F3N6OS/c1-38(2)14-7-11-29(41)39-18-26(25-16-22(17-35)42-28(25)20-39)23-9-3-4-10-24(23)27-19-40(37-30(27)31(32,33)34)15-12-21-8-5-6-13-36-21/h3-11,13,16,19,26H,12,14-15,18,20H2,1-2H3/b11-7+. The predicted octanol–water partition coefficient (Wildman–Crippen LogP) is 5.73. The fourth-order valence-corrected chi connectivity index (χ4v) is 6.18. The smallest absolute Gasteiger partial charge is 0.333 e. The van der Waals surface area contributed by atoms with Gasteiger partial charge in [0.15, 0.2) is 5.69 Å². The zero-order chi connectivity index (χ0) is 29.9. The van der Waals surface area contributed by atoms with Crippen molar-refractivity contribution in [2.45, 2.75) is 31.6 Å². The number of pyridine rings is 1. The normalized spacial score (nSPS) is 15.3. The third kappa shape index (κ3) is 6.45. The molecule has 0 fully saturated rings. The molecule has 216 valence electrons. The number of aryl methyl sites for hydroxylation is 2. The first kappa shape index (κ1) is 29.2. The fraction of sp³-hybridized carbons (Fsp3) is 0.290. The Morgan fingerprint density at radius 1 is 1.17 bits per heavy atom. The second kappa shape index (κ2) is 12.3. The van der Waals surface area contributed by atoms with Gasteiger partial charge in [0.05, 0.1) is 6.54 Å². The number of aromatic nitrogens is 3. The highest BCUT2D eigenvalue weighted by molar-refractivity contribution is 7.12. The predicted molar refractivity (Wildman–Crippen MR) is 155 cm³/mol. The number of nitriles is 1. The summed E-state index contributed by atoms with van der Waals surface area (Å²) in [5.41, 5.74) is 1.67. The molecule has 0 aliphatic carbocycles. The molecule has 11 heteroatoms. The largest absolute Gasteiger partial charge is 0.435 e. The molecule has 0 N–H and O–H groups in total. The molecule has 1 unspecified atom stereocenters. The Morgan fingerprint density at radius 3 is 2.67 bits per heavy atom. The number of amides is 1. The Morgan fingerprint density at radius 2 is 1.95 bits per heavy atom. The minimum absolute atomic E-state index is 0.0225. The Labute approximate surface area is 246 Å². The number of carbonyl (C=O) groups excluding carboxylic acids is 1. The van der Waals surface area contributed by atoms with E-state index in [4.69, 9.17) is 0 Å². The van der Waals surface area contributed by atoms with Gasteiger partial charge in [-0.25, -0.2) is 0 Å². The number of carbonyl (C=O) groups is 1. The maximum atomic E-state index is 14.3. The molecule has 1 atom stereocenters. The third-order valence-electron chi connectivity index (χ3n) is 7.09. The SMILES string of the molecule is CN(C)C/C=C/C(=O)N1Cc2sc(C#N)cc2C(c2ccccc2-c2cn(CCc3ccccn3)nc2C(F)(F)F)C1. The van der Waals surface area contributed by atoms with Gasteiger partial charge >= 0.3 is 6.18 Å². The van der Waals surface area contributed by atoms with Crippen LogP contribution in [0, 0.1) is 11.3 Å². The van der Waals surface area contributed by atoms with E-state index >= 15 is 0 Å². The zero-order valence-electron chi connectivity index (χ0n) is 23.2. The van der Waals surface area contributed by atoms with E-state index in [1.54, 1.807) is 53.6 Å². The first-order chi connectivity index (χ1) is 20.1. The number of alkyl halides is 3. The van der Waals surface area contributed by atoms with Gasteiger partial charge < -0.3 is 9.80 Å². The minimum Gasteiger partial charge on any atom is -0.333 e.